The largest absolute Gasteiger partial charge is 0.406 e. The van der Waals surface area contributed by atoms with Gasteiger partial charge in [-0.1, -0.05) is 37.2 Å². The van der Waals surface area contributed by atoms with Gasteiger partial charge in [0.2, 0.25) is 5.89 Å². The zero-order valence-corrected chi connectivity index (χ0v) is 10.5. The Hall–Kier alpha value is -1.10. The molecule has 1 aromatic rings. The van der Waals surface area contributed by atoms with Crippen LogP contribution in [-0.2, 0) is 0 Å². The van der Waals surface area contributed by atoms with Gasteiger partial charge < -0.3 is 15.5 Å². The van der Waals surface area contributed by atoms with E-state index in [4.69, 9.17) is 10.2 Å². The van der Waals surface area contributed by atoms with Crippen LogP contribution >= 0.6 is 0 Å². The zero-order chi connectivity index (χ0) is 12.1. The van der Waals surface area contributed by atoms with Crippen LogP contribution in [0, 0.1) is 5.92 Å². The van der Waals surface area contributed by atoms with E-state index in [2.05, 4.69) is 15.5 Å². The molecule has 2 rings (SSSR count). The molecule has 0 aliphatic heterocycles. The summed E-state index contributed by atoms with van der Waals surface area (Å²) in [5, 5.41) is 11.0. The third-order valence-corrected chi connectivity index (χ3v) is 3.38. The first kappa shape index (κ1) is 12.4. The molecule has 17 heavy (non-hydrogen) atoms. The van der Waals surface area contributed by atoms with Gasteiger partial charge in [0, 0.05) is 6.54 Å². The Morgan fingerprint density at radius 1 is 1.35 bits per heavy atom. The molecule has 5 nitrogen and oxygen atoms in total. The van der Waals surface area contributed by atoms with Crippen molar-refractivity contribution in [3.63, 3.8) is 0 Å². The van der Waals surface area contributed by atoms with Crippen molar-refractivity contribution in [3.05, 3.63) is 5.89 Å². The lowest BCUT2D eigenvalue weighted by atomic mass is 9.87. The van der Waals surface area contributed by atoms with Crippen molar-refractivity contribution >= 4 is 6.01 Å². The Bertz CT molecular complexity index is 331. The Labute approximate surface area is 102 Å². The molecular weight excluding hydrogens is 216 g/mol. The van der Waals surface area contributed by atoms with E-state index >= 15 is 0 Å². The minimum Gasteiger partial charge on any atom is -0.406 e. The molecule has 0 aromatic carbocycles. The average Bonchev–Trinajstić information content (AvgIpc) is 2.79. The van der Waals surface area contributed by atoms with E-state index in [0.717, 1.165) is 12.5 Å². The number of hydrogen-bond donors (Lipinski definition) is 2. The van der Waals surface area contributed by atoms with Gasteiger partial charge in [-0.25, -0.2) is 0 Å². The van der Waals surface area contributed by atoms with Gasteiger partial charge in [-0.3, -0.25) is 0 Å². The first-order valence-electron chi connectivity index (χ1n) is 6.58. The molecular formula is C12H22N4O. The van der Waals surface area contributed by atoms with Crippen LogP contribution in [0.3, 0.4) is 0 Å². The number of aromatic nitrogens is 2. The molecule has 96 valence electrons. The number of anilines is 1. The van der Waals surface area contributed by atoms with Gasteiger partial charge in [0.15, 0.2) is 0 Å². The van der Waals surface area contributed by atoms with E-state index < -0.39 is 0 Å². The van der Waals surface area contributed by atoms with Crippen LogP contribution in [0.15, 0.2) is 4.42 Å². The molecule has 1 aromatic heterocycles. The molecule has 1 heterocycles. The lowest BCUT2D eigenvalue weighted by Gasteiger charge is -2.21. The lowest BCUT2D eigenvalue weighted by Crippen LogP contribution is -2.12. The molecule has 1 atom stereocenters. The Balaban J connectivity index is 1.70. The highest BCUT2D eigenvalue weighted by Gasteiger charge is 2.14. The molecule has 0 bridgehead atoms. The second kappa shape index (κ2) is 6.00. The summed E-state index contributed by atoms with van der Waals surface area (Å²) < 4.78 is 5.38. The minimum absolute atomic E-state index is 0.198. The summed E-state index contributed by atoms with van der Waals surface area (Å²) in [5.41, 5.74) is 5.65. The first-order chi connectivity index (χ1) is 8.25. The van der Waals surface area contributed by atoms with Crippen LogP contribution in [-0.4, -0.2) is 16.7 Å². The standard InChI is InChI=1S/C12H22N4O/c1-9(13)11-15-16-12(17-11)14-8-7-10-5-3-2-4-6-10/h9-10H,2-8,13H2,1H3,(H,14,16). The summed E-state index contributed by atoms with van der Waals surface area (Å²) in [5.74, 6) is 1.36. The molecule has 0 radical (unpaired) electrons. The first-order valence-corrected chi connectivity index (χ1v) is 6.58. The zero-order valence-electron chi connectivity index (χ0n) is 10.5. The summed E-state index contributed by atoms with van der Waals surface area (Å²) in [6.45, 7) is 2.74. The number of rotatable bonds is 5. The number of nitrogens with one attached hydrogen (secondary N) is 1. The van der Waals surface area contributed by atoms with E-state index in [-0.39, 0.29) is 6.04 Å². The van der Waals surface area contributed by atoms with Crippen molar-refractivity contribution < 1.29 is 4.42 Å². The monoisotopic (exact) mass is 238 g/mol. The van der Waals surface area contributed by atoms with Gasteiger partial charge in [0.1, 0.15) is 0 Å². The van der Waals surface area contributed by atoms with E-state index in [1.807, 2.05) is 6.92 Å². The molecule has 1 aliphatic rings. The summed E-state index contributed by atoms with van der Waals surface area (Å²) in [6, 6.07) is 0.296. The Kier molecular flexibility index (Phi) is 4.36. The maximum Gasteiger partial charge on any atom is 0.315 e. The molecule has 1 fully saturated rings. The quantitative estimate of drug-likeness (QED) is 0.824. The van der Waals surface area contributed by atoms with E-state index in [0.29, 0.717) is 11.9 Å². The predicted octanol–water partition coefficient (Wildman–Crippen LogP) is 2.47. The summed E-state index contributed by atoms with van der Waals surface area (Å²) in [7, 11) is 0. The van der Waals surface area contributed by atoms with Crippen molar-refractivity contribution in [2.45, 2.75) is 51.5 Å². The molecule has 3 N–H and O–H groups in total. The number of nitrogens with zero attached hydrogens (tertiary/aromatic N) is 2. The van der Waals surface area contributed by atoms with Gasteiger partial charge in [-0.2, -0.15) is 0 Å². The maximum absolute atomic E-state index is 5.65. The maximum atomic E-state index is 5.65. The second-order valence-electron chi connectivity index (χ2n) is 4.95. The normalized spacial score (nSPS) is 19.2. The van der Waals surface area contributed by atoms with E-state index in [1.165, 1.54) is 38.5 Å². The smallest absolute Gasteiger partial charge is 0.315 e. The molecule has 0 amide bonds. The van der Waals surface area contributed by atoms with Crippen molar-refractivity contribution in [1.29, 1.82) is 0 Å². The van der Waals surface area contributed by atoms with E-state index in [1.54, 1.807) is 0 Å². The van der Waals surface area contributed by atoms with Crippen molar-refractivity contribution in [2.24, 2.45) is 11.7 Å². The third-order valence-electron chi connectivity index (χ3n) is 3.38. The SMILES string of the molecule is CC(N)c1nnc(NCCC2CCCCC2)o1. The van der Waals surface area contributed by atoms with Gasteiger partial charge in [0.05, 0.1) is 6.04 Å². The topological polar surface area (TPSA) is 77.0 Å². The molecule has 1 saturated carbocycles. The summed E-state index contributed by atoms with van der Waals surface area (Å²) >= 11 is 0. The van der Waals surface area contributed by atoms with Crippen LogP contribution < -0.4 is 11.1 Å². The molecule has 1 aliphatic carbocycles. The lowest BCUT2D eigenvalue weighted by molar-refractivity contribution is 0.344. The van der Waals surface area contributed by atoms with Crippen LogP contribution in [0.25, 0.3) is 0 Å². The van der Waals surface area contributed by atoms with Crippen LogP contribution in [0.2, 0.25) is 0 Å². The average molecular weight is 238 g/mol. The fourth-order valence-corrected chi connectivity index (χ4v) is 2.35. The minimum atomic E-state index is -0.198. The fraction of sp³-hybridized carbons (Fsp3) is 0.833. The molecule has 0 saturated heterocycles. The van der Waals surface area contributed by atoms with Crippen molar-refractivity contribution in [1.82, 2.24) is 10.2 Å². The highest BCUT2D eigenvalue weighted by molar-refractivity contribution is 5.16. The van der Waals surface area contributed by atoms with E-state index in [9.17, 15) is 0 Å². The highest BCUT2D eigenvalue weighted by Crippen LogP contribution is 2.26. The van der Waals surface area contributed by atoms with Gasteiger partial charge in [-0.15, -0.1) is 5.10 Å². The fourth-order valence-electron chi connectivity index (χ4n) is 2.35. The van der Waals surface area contributed by atoms with Crippen LogP contribution in [0.1, 0.15) is 57.4 Å². The van der Waals surface area contributed by atoms with Crippen LogP contribution in [0.5, 0.6) is 0 Å². The number of hydrogen-bond acceptors (Lipinski definition) is 5. The van der Waals surface area contributed by atoms with Crippen LogP contribution in [0.4, 0.5) is 6.01 Å². The second-order valence-corrected chi connectivity index (χ2v) is 4.95. The predicted molar refractivity (Wildman–Crippen MR) is 66.6 cm³/mol. The third kappa shape index (κ3) is 3.70. The highest BCUT2D eigenvalue weighted by atomic mass is 16.4. The summed E-state index contributed by atoms with van der Waals surface area (Å²) in [4.78, 5) is 0. The number of nitrogens with two attached hydrogens (primary N) is 1. The molecule has 5 heteroatoms. The molecule has 0 spiro atoms. The molecule has 1 unspecified atom stereocenters. The Morgan fingerprint density at radius 3 is 2.76 bits per heavy atom. The van der Waals surface area contributed by atoms with Gasteiger partial charge >= 0.3 is 6.01 Å². The summed E-state index contributed by atoms with van der Waals surface area (Å²) in [6.07, 6.45) is 8.12. The van der Waals surface area contributed by atoms with Gasteiger partial charge in [-0.05, 0) is 19.3 Å². The Morgan fingerprint density at radius 2 is 2.12 bits per heavy atom. The van der Waals surface area contributed by atoms with Crippen molar-refractivity contribution in [3.8, 4) is 0 Å². The van der Waals surface area contributed by atoms with Gasteiger partial charge in [0.25, 0.3) is 0 Å². The van der Waals surface area contributed by atoms with Crippen molar-refractivity contribution in [2.75, 3.05) is 11.9 Å².